The summed E-state index contributed by atoms with van der Waals surface area (Å²) in [5.41, 5.74) is -3.56. The fourth-order valence-corrected chi connectivity index (χ4v) is 2.17. The van der Waals surface area contributed by atoms with Gasteiger partial charge in [0.25, 0.3) is 11.5 Å². The van der Waals surface area contributed by atoms with Crippen molar-refractivity contribution in [1.29, 1.82) is 0 Å². The van der Waals surface area contributed by atoms with Gasteiger partial charge in [0.15, 0.2) is 0 Å². The molecule has 1 aromatic rings. The molecular formula is C15H21N3O9. The van der Waals surface area contributed by atoms with Gasteiger partial charge in [0.05, 0.1) is 34.6 Å². The molecule has 1 rings (SSSR count). The predicted octanol–water partition coefficient (Wildman–Crippen LogP) is 3.78. The average molecular weight is 387 g/mol. The molecular weight excluding hydrogens is 366 g/mol. The molecule has 0 fully saturated rings. The Balaban J connectivity index is 3.99. The maximum Gasteiger partial charge on any atom is 0.430 e. The van der Waals surface area contributed by atoms with Crippen molar-refractivity contribution in [3.63, 3.8) is 0 Å². The summed E-state index contributed by atoms with van der Waals surface area (Å²) in [5, 5.41) is 34.6. The molecule has 12 heteroatoms. The van der Waals surface area contributed by atoms with Crippen LogP contribution in [0.15, 0.2) is 0 Å². The first kappa shape index (κ1) is 21.9. The molecule has 0 unspecified atom stereocenters. The number of hydrogen-bond donors (Lipinski definition) is 0. The van der Waals surface area contributed by atoms with E-state index in [0.29, 0.717) is 19.3 Å². The quantitative estimate of drug-likeness (QED) is 0.384. The predicted molar refractivity (Wildman–Crippen MR) is 93.8 cm³/mol. The second-order valence-electron chi connectivity index (χ2n) is 5.35. The summed E-state index contributed by atoms with van der Waals surface area (Å²) in [5.74, 6) is -1.46. The van der Waals surface area contributed by atoms with Gasteiger partial charge in [-0.1, -0.05) is 20.8 Å². The lowest BCUT2D eigenvalue weighted by atomic mass is 10.1. The minimum Gasteiger partial charge on any atom is -0.486 e. The lowest BCUT2D eigenvalue weighted by Gasteiger charge is -2.16. The van der Waals surface area contributed by atoms with Gasteiger partial charge in [-0.2, -0.15) is 0 Å². The van der Waals surface area contributed by atoms with Gasteiger partial charge >= 0.3 is 17.1 Å². The molecule has 0 aromatic heterocycles. The highest BCUT2D eigenvalue weighted by atomic mass is 16.7. The molecule has 0 spiro atoms. The van der Waals surface area contributed by atoms with E-state index in [2.05, 4.69) is 0 Å². The first-order valence-electron chi connectivity index (χ1n) is 8.37. The lowest BCUT2D eigenvalue weighted by Crippen LogP contribution is -2.11. The third-order valence-corrected chi connectivity index (χ3v) is 3.19. The van der Waals surface area contributed by atoms with Crippen LogP contribution in [0.25, 0.3) is 0 Å². The van der Waals surface area contributed by atoms with Crippen LogP contribution >= 0.6 is 0 Å². The smallest absolute Gasteiger partial charge is 0.430 e. The lowest BCUT2D eigenvalue weighted by molar-refractivity contribution is -0.441. The van der Waals surface area contributed by atoms with Crippen LogP contribution < -0.4 is 14.2 Å². The highest BCUT2D eigenvalue weighted by molar-refractivity contribution is 5.83. The Morgan fingerprint density at radius 1 is 0.593 bits per heavy atom. The number of rotatable bonds is 12. The van der Waals surface area contributed by atoms with Crippen molar-refractivity contribution in [1.82, 2.24) is 0 Å². The van der Waals surface area contributed by atoms with Gasteiger partial charge in [0.1, 0.15) is 0 Å². The van der Waals surface area contributed by atoms with Crippen molar-refractivity contribution in [3.8, 4) is 17.2 Å². The molecule has 0 radical (unpaired) electrons. The summed E-state index contributed by atoms with van der Waals surface area (Å²) in [6, 6.07) is 0. The second-order valence-corrected chi connectivity index (χ2v) is 5.35. The Morgan fingerprint density at radius 3 is 1.15 bits per heavy atom. The molecule has 0 aliphatic carbocycles. The molecule has 0 saturated carbocycles. The van der Waals surface area contributed by atoms with Crippen molar-refractivity contribution in [3.05, 3.63) is 30.3 Å². The van der Waals surface area contributed by atoms with Crippen LogP contribution in [0, 0.1) is 30.3 Å². The van der Waals surface area contributed by atoms with E-state index >= 15 is 0 Å². The Hall–Kier alpha value is -3.18. The molecule has 150 valence electrons. The van der Waals surface area contributed by atoms with Crippen molar-refractivity contribution in [2.75, 3.05) is 19.8 Å². The number of nitro benzene ring substituents is 3. The minimum absolute atomic E-state index is 0.00842. The number of hydrogen-bond acceptors (Lipinski definition) is 9. The Morgan fingerprint density at radius 2 is 0.889 bits per heavy atom. The summed E-state index contributed by atoms with van der Waals surface area (Å²) in [6.07, 6.45) is 1.37. The third-order valence-electron chi connectivity index (χ3n) is 3.19. The molecule has 0 saturated heterocycles. The van der Waals surface area contributed by atoms with E-state index in [1.54, 1.807) is 20.8 Å². The Labute approximate surface area is 154 Å². The van der Waals surface area contributed by atoms with Gasteiger partial charge in [-0.25, -0.2) is 0 Å². The zero-order valence-corrected chi connectivity index (χ0v) is 15.3. The standard InChI is InChI=1S/C15H21N3O9/c1-4-7-25-13-11(17(21)22)10(16(19)20)12(18(23)24)14(26-8-5-2)15(13)27-9-6-3/h4-9H2,1-3H3. The highest BCUT2D eigenvalue weighted by Crippen LogP contribution is 2.56. The molecule has 0 aliphatic heterocycles. The van der Waals surface area contributed by atoms with Gasteiger partial charge < -0.3 is 14.2 Å². The largest absolute Gasteiger partial charge is 0.486 e. The molecule has 0 atom stereocenters. The van der Waals surface area contributed by atoms with Gasteiger partial charge in [-0.3, -0.25) is 30.3 Å². The maximum atomic E-state index is 11.5. The molecule has 0 heterocycles. The summed E-state index contributed by atoms with van der Waals surface area (Å²) in [4.78, 5) is 31.2. The van der Waals surface area contributed by atoms with Crippen molar-refractivity contribution < 1.29 is 29.0 Å². The minimum atomic E-state index is -1.30. The summed E-state index contributed by atoms with van der Waals surface area (Å²) >= 11 is 0. The van der Waals surface area contributed by atoms with Crippen molar-refractivity contribution >= 4 is 17.1 Å². The SMILES string of the molecule is CCCOc1c(OCCC)c([N+](=O)[O-])c([N+](=O)[O-])c([N+](=O)[O-])c1OCCC. The molecule has 0 aliphatic rings. The van der Waals surface area contributed by atoms with Crippen molar-refractivity contribution in [2.24, 2.45) is 0 Å². The topological polar surface area (TPSA) is 157 Å². The van der Waals surface area contributed by atoms with Crippen LogP contribution in [0.3, 0.4) is 0 Å². The number of nitrogens with zero attached hydrogens (tertiary/aromatic N) is 3. The molecule has 0 amide bonds. The normalized spacial score (nSPS) is 10.3. The fourth-order valence-electron chi connectivity index (χ4n) is 2.17. The molecule has 0 bridgehead atoms. The van der Waals surface area contributed by atoms with E-state index in [1.807, 2.05) is 0 Å². The average Bonchev–Trinajstić information content (AvgIpc) is 2.61. The van der Waals surface area contributed by atoms with E-state index in [4.69, 9.17) is 14.2 Å². The highest BCUT2D eigenvalue weighted by Gasteiger charge is 2.47. The van der Waals surface area contributed by atoms with Crippen molar-refractivity contribution in [2.45, 2.75) is 40.0 Å². The van der Waals surface area contributed by atoms with E-state index in [9.17, 15) is 30.3 Å². The second kappa shape index (κ2) is 10.1. The van der Waals surface area contributed by atoms with Crippen LogP contribution in [0.1, 0.15) is 40.0 Å². The van der Waals surface area contributed by atoms with Gasteiger partial charge in [0, 0.05) is 0 Å². The van der Waals surface area contributed by atoms with Crippen LogP contribution in [-0.2, 0) is 0 Å². The molecule has 1 aromatic carbocycles. The molecule has 27 heavy (non-hydrogen) atoms. The third kappa shape index (κ3) is 4.92. The molecule has 12 nitrogen and oxygen atoms in total. The van der Waals surface area contributed by atoms with Gasteiger partial charge in [0.2, 0.25) is 5.75 Å². The van der Waals surface area contributed by atoms with E-state index in [-0.39, 0.29) is 25.6 Å². The fraction of sp³-hybridized carbons (Fsp3) is 0.600. The van der Waals surface area contributed by atoms with E-state index < -0.39 is 43.3 Å². The van der Waals surface area contributed by atoms with E-state index in [0.717, 1.165) is 0 Å². The Kier molecular flexibility index (Phi) is 8.17. The number of nitro groups is 3. The summed E-state index contributed by atoms with van der Waals surface area (Å²) in [7, 11) is 0. The monoisotopic (exact) mass is 387 g/mol. The number of ether oxygens (including phenoxy) is 3. The first-order valence-corrected chi connectivity index (χ1v) is 8.37. The zero-order chi connectivity index (χ0) is 20.6. The van der Waals surface area contributed by atoms with Crippen LogP contribution in [0.2, 0.25) is 0 Å². The zero-order valence-electron chi connectivity index (χ0n) is 15.3. The number of benzene rings is 1. The maximum absolute atomic E-state index is 11.5. The van der Waals surface area contributed by atoms with Gasteiger partial charge in [-0.05, 0) is 19.3 Å². The molecule has 0 N–H and O–H groups in total. The van der Waals surface area contributed by atoms with Crippen LogP contribution in [-0.4, -0.2) is 34.6 Å². The first-order chi connectivity index (χ1) is 12.8. The van der Waals surface area contributed by atoms with Crippen LogP contribution in [0.5, 0.6) is 17.2 Å². The van der Waals surface area contributed by atoms with Gasteiger partial charge in [-0.15, -0.1) is 0 Å². The summed E-state index contributed by atoms with van der Waals surface area (Å²) in [6.45, 7) is 5.25. The summed E-state index contributed by atoms with van der Waals surface area (Å²) < 4.78 is 16.1. The van der Waals surface area contributed by atoms with E-state index in [1.165, 1.54) is 0 Å². The Bertz CT molecular complexity index is 674. The van der Waals surface area contributed by atoms with Crippen LogP contribution in [0.4, 0.5) is 17.1 Å².